The Kier molecular flexibility index (Phi) is 4.58. The van der Waals surface area contributed by atoms with Crippen molar-refractivity contribution < 1.29 is 8.83 Å². The van der Waals surface area contributed by atoms with Gasteiger partial charge in [0.05, 0.1) is 0 Å². The van der Waals surface area contributed by atoms with Crippen molar-refractivity contribution in [3.05, 3.63) is 140 Å². The van der Waals surface area contributed by atoms with Gasteiger partial charge in [0.2, 0.25) is 5.89 Å². The molecule has 0 bridgehead atoms. The molecule has 0 aliphatic heterocycles. The zero-order chi connectivity index (χ0) is 29.9. The monoisotopic (exact) mass is 585 g/mol. The largest absolute Gasteiger partial charge is 0.455 e. The molecule has 0 unspecified atom stereocenters. The standard InChI is InChI=1S/C43H23NO2/c1-2-7-26(8-3-1)43-44-41-38(46-43)20-18-25-15-13-24-14-16-27(21-33(24)39(25)41)28-17-19-29-34(22-28)31-10-6-11-32-40(31)35(29)23-36-30-9-4-5-12-37(30)45-42(32)36/h1-23H. The van der Waals surface area contributed by atoms with E-state index in [0.717, 1.165) is 44.0 Å². The fourth-order valence-electron chi connectivity index (χ4n) is 7.69. The number of fused-ring (bicyclic) bond motifs is 12. The Morgan fingerprint density at radius 2 is 1.17 bits per heavy atom. The molecular formula is C43H23NO2. The van der Waals surface area contributed by atoms with E-state index in [2.05, 4.69) is 97.1 Å². The molecule has 2 aromatic heterocycles. The molecule has 46 heavy (non-hydrogen) atoms. The topological polar surface area (TPSA) is 39.2 Å². The number of furan rings is 1. The molecule has 212 valence electrons. The lowest BCUT2D eigenvalue weighted by molar-refractivity contribution is 0.620. The number of aromatic nitrogens is 1. The van der Waals surface area contributed by atoms with Gasteiger partial charge in [0.15, 0.2) is 5.58 Å². The van der Waals surface area contributed by atoms with Gasteiger partial charge in [-0.3, -0.25) is 0 Å². The molecule has 8 aromatic carbocycles. The zero-order valence-corrected chi connectivity index (χ0v) is 24.5. The normalized spacial score (nSPS) is 12.3. The summed E-state index contributed by atoms with van der Waals surface area (Å²) in [4.78, 5) is 5.02. The quantitative estimate of drug-likeness (QED) is 0.189. The number of nitrogens with zero attached hydrogens (tertiary/aromatic N) is 1. The smallest absolute Gasteiger partial charge is 0.227 e. The molecule has 0 atom stereocenters. The van der Waals surface area contributed by atoms with Crippen LogP contribution in [0, 0.1) is 0 Å². The molecular weight excluding hydrogens is 562 g/mol. The van der Waals surface area contributed by atoms with Gasteiger partial charge < -0.3 is 8.83 Å². The first-order valence-corrected chi connectivity index (χ1v) is 15.6. The molecule has 2 heterocycles. The van der Waals surface area contributed by atoms with Gasteiger partial charge in [0.1, 0.15) is 16.7 Å². The van der Waals surface area contributed by atoms with Crippen LogP contribution in [-0.2, 0) is 0 Å². The van der Waals surface area contributed by atoms with Crippen LogP contribution < -0.4 is 0 Å². The van der Waals surface area contributed by atoms with E-state index in [1.165, 1.54) is 60.3 Å². The molecule has 10 aromatic rings. The van der Waals surface area contributed by atoms with Gasteiger partial charge in [-0.15, -0.1) is 0 Å². The summed E-state index contributed by atoms with van der Waals surface area (Å²) < 4.78 is 12.7. The van der Waals surface area contributed by atoms with E-state index in [9.17, 15) is 0 Å². The zero-order valence-electron chi connectivity index (χ0n) is 24.5. The van der Waals surface area contributed by atoms with E-state index >= 15 is 0 Å². The summed E-state index contributed by atoms with van der Waals surface area (Å²) in [6, 6.07) is 49.6. The maximum Gasteiger partial charge on any atom is 0.227 e. The highest BCUT2D eigenvalue weighted by molar-refractivity contribution is 6.26. The summed E-state index contributed by atoms with van der Waals surface area (Å²) in [6.07, 6.45) is 0. The second-order valence-electron chi connectivity index (χ2n) is 12.3. The number of para-hydroxylation sites is 1. The molecule has 1 aliphatic carbocycles. The van der Waals surface area contributed by atoms with Crippen molar-refractivity contribution in [3.63, 3.8) is 0 Å². The van der Waals surface area contributed by atoms with E-state index in [4.69, 9.17) is 13.8 Å². The summed E-state index contributed by atoms with van der Waals surface area (Å²) in [5.41, 5.74) is 12.0. The van der Waals surface area contributed by atoms with Crippen LogP contribution in [0.4, 0.5) is 0 Å². The molecule has 0 fully saturated rings. The summed E-state index contributed by atoms with van der Waals surface area (Å²) in [5, 5.41) is 9.40. The third-order valence-electron chi connectivity index (χ3n) is 9.81. The van der Waals surface area contributed by atoms with Crippen LogP contribution in [0.3, 0.4) is 0 Å². The lowest BCUT2D eigenvalue weighted by Gasteiger charge is -2.10. The van der Waals surface area contributed by atoms with Crippen LogP contribution in [0.25, 0.3) is 110 Å². The Labute approximate surface area is 262 Å². The molecule has 11 rings (SSSR count). The fraction of sp³-hybridized carbons (Fsp3) is 0. The van der Waals surface area contributed by atoms with Crippen molar-refractivity contribution >= 4 is 65.4 Å². The second-order valence-corrected chi connectivity index (χ2v) is 12.3. The van der Waals surface area contributed by atoms with Crippen LogP contribution in [0.2, 0.25) is 0 Å². The van der Waals surface area contributed by atoms with Gasteiger partial charge in [0.25, 0.3) is 0 Å². The van der Waals surface area contributed by atoms with Crippen LogP contribution in [-0.4, -0.2) is 4.98 Å². The van der Waals surface area contributed by atoms with Crippen molar-refractivity contribution in [1.29, 1.82) is 0 Å². The molecule has 0 spiro atoms. The van der Waals surface area contributed by atoms with Crippen molar-refractivity contribution in [1.82, 2.24) is 4.98 Å². The molecule has 3 nitrogen and oxygen atoms in total. The average Bonchev–Trinajstić information content (AvgIpc) is 3.81. The maximum atomic E-state index is 6.42. The summed E-state index contributed by atoms with van der Waals surface area (Å²) in [6.45, 7) is 0. The highest BCUT2D eigenvalue weighted by Gasteiger charge is 2.25. The molecule has 0 saturated heterocycles. The van der Waals surface area contributed by atoms with Crippen LogP contribution in [0.15, 0.2) is 148 Å². The molecule has 1 aliphatic rings. The Balaban J connectivity index is 1.11. The minimum Gasteiger partial charge on any atom is -0.455 e. The van der Waals surface area contributed by atoms with Crippen LogP contribution in [0.1, 0.15) is 0 Å². The van der Waals surface area contributed by atoms with E-state index in [1.807, 2.05) is 42.5 Å². The van der Waals surface area contributed by atoms with Crippen molar-refractivity contribution in [2.45, 2.75) is 0 Å². The molecule has 0 amide bonds. The van der Waals surface area contributed by atoms with Gasteiger partial charge in [-0.25, -0.2) is 4.98 Å². The van der Waals surface area contributed by atoms with Crippen molar-refractivity contribution in [2.24, 2.45) is 0 Å². The SMILES string of the molecule is c1ccc(-c2nc3c(ccc4ccc5ccc(-c6ccc7c(c6)-c6cccc8c6c-7cc6c7ccccc7oc86)cc5c43)o2)cc1. The van der Waals surface area contributed by atoms with E-state index in [0.29, 0.717) is 5.89 Å². The third-order valence-corrected chi connectivity index (χ3v) is 9.81. The van der Waals surface area contributed by atoms with Gasteiger partial charge in [-0.1, -0.05) is 97.1 Å². The number of benzene rings is 8. The molecule has 0 N–H and O–H groups in total. The number of oxazole rings is 1. The van der Waals surface area contributed by atoms with Gasteiger partial charge >= 0.3 is 0 Å². The first kappa shape index (κ1) is 24.2. The Morgan fingerprint density at radius 1 is 0.391 bits per heavy atom. The van der Waals surface area contributed by atoms with Crippen molar-refractivity contribution in [3.8, 4) is 44.8 Å². The highest BCUT2D eigenvalue weighted by Crippen LogP contribution is 2.51. The second kappa shape index (κ2) is 8.71. The first-order valence-electron chi connectivity index (χ1n) is 15.6. The molecule has 3 heteroatoms. The highest BCUT2D eigenvalue weighted by atomic mass is 16.3. The Bertz CT molecular complexity index is 2910. The van der Waals surface area contributed by atoms with E-state index in [-0.39, 0.29) is 0 Å². The predicted molar refractivity (Wildman–Crippen MR) is 189 cm³/mol. The number of rotatable bonds is 2. The minimum absolute atomic E-state index is 0.642. The lowest BCUT2D eigenvalue weighted by atomic mass is 9.94. The first-order chi connectivity index (χ1) is 22.8. The molecule has 0 saturated carbocycles. The van der Waals surface area contributed by atoms with Crippen molar-refractivity contribution in [2.75, 3.05) is 0 Å². The molecule has 0 radical (unpaired) electrons. The number of hydrogen-bond donors (Lipinski definition) is 0. The lowest BCUT2D eigenvalue weighted by Crippen LogP contribution is -1.85. The van der Waals surface area contributed by atoms with Gasteiger partial charge in [-0.2, -0.15) is 0 Å². The number of hydrogen-bond acceptors (Lipinski definition) is 3. The third kappa shape index (κ3) is 3.19. The van der Waals surface area contributed by atoms with E-state index < -0.39 is 0 Å². The Hall–Kier alpha value is -6.19. The van der Waals surface area contributed by atoms with E-state index in [1.54, 1.807) is 0 Å². The average molecular weight is 586 g/mol. The van der Waals surface area contributed by atoms with Gasteiger partial charge in [0, 0.05) is 32.5 Å². The van der Waals surface area contributed by atoms with Crippen LogP contribution >= 0.6 is 0 Å². The van der Waals surface area contributed by atoms with Crippen LogP contribution in [0.5, 0.6) is 0 Å². The summed E-state index contributed by atoms with van der Waals surface area (Å²) >= 11 is 0. The predicted octanol–water partition coefficient (Wildman–Crippen LogP) is 12.2. The Morgan fingerprint density at radius 3 is 2.13 bits per heavy atom. The summed E-state index contributed by atoms with van der Waals surface area (Å²) in [5.74, 6) is 0.642. The summed E-state index contributed by atoms with van der Waals surface area (Å²) in [7, 11) is 0. The maximum absolute atomic E-state index is 6.42. The fourth-order valence-corrected chi connectivity index (χ4v) is 7.69. The van der Waals surface area contributed by atoms with Gasteiger partial charge in [-0.05, 0) is 92.0 Å². The minimum atomic E-state index is 0.642.